The van der Waals surface area contributed by atoms with Crippen molar-refractivity contribution in [3.8, 4) is 5.75 Å². The number of nitrogens with zero attached hydrogens (tertiary/aromatic N) is 1. The van der Waals surface area contributed by atoms with Gasteiger partial charge < -0.3 is 20.1 Å². The first-order chi connectivity index (χ1) is 16.4. The van der Waals surface area contributed by atoms with Gasteiger partial charge in [0.05, 0.1) is 30.2 Å². The summed E-state index contributed by atoms with van der Waals surface area (Å²) in [6.45, 7) is -0.355. The van der Waals surface area contributed by atoms with Gasteiger partial charge in [-0.25, -0.2) is 0 Å². The van der Waals surface area contributed by atoms with Gasteiger partial charge in [-0.05, 0) is 42.0 Å². The molecule has 3 aliphatic rings. The van der Waals surface area contributed by atoms with Crippen LogP contribution in [-0.4, -0.2) is 39.5 Å². The van der Waals surface area contributed by atoms with Crippen LogP contribution >= 0.6 is 0 Å². The van der Waals surface area contributed by atoms with Crippen LogP contribution in [0.15, 0.2) is 66.7 Å². The molecule has 0 unspecified atom stereocenters. The van der Waals surface area contributed by atoms with Crippen LogP contribution in [-0.2, 0) is 14.3 Å². The van der Waals surface area contributed by atoms with E-state index < -0.39 is 35.6 Å². The molecule has 34 heavy (non-hydrogen) atoms. The summed E-state index contributed by atoms with van der Waals surface area (Å²) in [6.07, 6.45) is -0.0580. The fraction of sp³-hybridized carbons (Fsp3) is 0.333. The van der Waals surface area contributed by atoms with Crippen molar-refractivity contribution in [1.82, 2.24) is 0 Å². The number of anilines is 1. The summed E-state index contributed by atoms with van der Waals surface area (Å²) in [5.74, 6) is -4.89. The molecule has 2 saturated heterocycles. The smallest absolute Gasteiger partial charge is 0.238 e. The lowest BCUT2D eigenvalue weighted by molar-refractivity contribution is -0.273. The molecule has 6 atom stereocenters. The molecule has 3 aromatic carbocycles. The van der Waals surface area contributed by atoms with Crippen molar-refractivity contribution in [3.63, 3.8) is 0 Å². The third kappa shape index (κ3) is 2.87. The summed E-state index contributed by atoms with van der Waals surface area (Å²) in [5.41, 5.74) is 1.30. The predicted octanol–water partition coefficient (Wildman–Crippen LogP) is 3.13. The van der Waals surface area contributed by atoms with E-state index in [0.29, 0.717) is 17.5 Å². The summed E-state index contributed by atoms with van der Waals surface area (Å²) < 4.78 is 6.25. The van der Waals surface area contributed by atoms with E-state index in [1.165, 1.54) is 4.90 Å². The Morgan fingerprint density at radius 2 is 1.62 bits per heavy atom. The zero-order valence-corrected chi connectivity index (χ0v) is 18.4. The highest BCUT2D eigenvalue weighted by Crippen LogP contribution is 2.59. The van der Waals surface area contributed by atoms with Crippen molar-refractivity contribution in [3.05, 3.63) is 72.3 Å². The molecule has 6 rings (SSSR count). The Bertz CT molecular complexity index is 1290. The fourth-order valence-corrected chi connectivity index (χ4v) is 6.30. The molecular weight excluding hydrogens is 434 g/mol. The molecule has 174 valence electrons. The number of fused-ring (bicyclic) bond motifs is 4. The third-order valence-corrected chi connectivity index (χ3v) is 7.88. The second-order valence-corrected chi connectivity index (χ2v) is 9.51. The molecule has 7 nitrogen and oxygen atoms in total. The molecule has 2 amide bonds. The maximum absolute atomic E-state index is 13.6. The van der Waals surface area contributed by atoms with E-state index in [9.17, 15) is 24.9 Å². The number of para-hydroxylation sites is 1. The lowest BCUT2D eigenvalue weighted by Crippen LogP contribution is -2.54. The Labute approximate surface area is 196 Å². The van der Waals surface area contributed by atoms with Gasteiger partial charge >= 0.3 is 0 Å². The highest BCUT2D eigenvalue weighted by Gasteiger charge is 2.66. The number of hydrogen-bond donors (Lipinski definition) is 3. The van der Waals surface area contributed by atoms with E-state index in [0.717, 1.165) is 10.9 Å². The maximum Gasteiger partial charge on any atom is 0.238 e. The number of phenolic OH excluding ortho intramolecular Hbond substituents is 1. The molecule has 0 aromatic heterocycles. The molecule has 0 radical (unpaired) electrons. The highest BCUT2D eigenvalue weighted by molar-refractivity contribution is 6.22. The van der Waals surface area contributed by atoms with Crippen LogP contribution in [0.25, 0.3) is 10.8 Å². The largest absolute Gasteiger partial charge is 0.507 e. The molecule has 2 heterocycles. The number of aliphatic hydroxyl groups is 2. The quantitative estimate of drug-likeness (QED) is 0.520. The second-order valence-electron chi connectivity index (χ2n) is 9.51. The predicted molar refractivity (Wildman–Crippen MR) is 124 cm³/mol. The first-order valence-corrected chi connectivity index (χ1v) is 11.6. The number of aliphatic hydroxyl groups excluding tert-OH is 1. The number of hydrogen-bond acceptors (Lipinski definition) is 6. The third-order valence-electron chi connectivity index (χ3n) is 7.88. The highest BCUT2D eigenvalue weighted by atomic mass is 16.6. The van der Waals surface area contributed by atoms with Crippen LogP contribution in [0.4, 0.5) is 5.69 Å². The number of carbonyl (C=O) groups is 2. The molecular formula is C27H25NO6. The van der Waals surface area contributed by atoms with Crippen molar-refractivity contribution >= 4 is 28.3 Å². The standard InChI is InChI=1S/C27H25NO6/c29-14-15-12-20-24(26(32)28(25(20)31)16-6-2-1-3-7-16)21-13-23(34-27(15,21)33)19-10-11-22(30)18-9-5-4-8-17(18)19/h1-11,15,20-21,23-24,29-30,33H,12-14H2/t15-,20+,21+,23+,24+,27-/m1/s1. The molecule has 1 aliphatic carbocycles. The zero-order chi connectivity index (χ0) is 23.6. The molecule has 1 saturated carbocycles. The number of carbonyl (C=O) groups excluding carboxylic acids is 2. The number of amides is 2. The lowest BCUT2D eigenvalue weighted by atomic mass is 9.64. The fourth-order valence-electron chi connectivity index (χ4n) is 6.30. The van der Waals surface area contributed by atoms with Gasteiger partial charge in [0.2, 0.25) is 11.8 Å². The minimum absolute atomic E-state index is 0.150. The van der Waals surface area contributed by atoms with Crippen molar-refractivity contribution in [2.24, 2.45) is 23.7 Å². The first-order valence-electron chi connectivity index (χ1n) is 11.6. The van der Waals surface area contributed by atoms with Crippen LogP contribution in [0.3, 0.4) is 0 Å². The van der Waals surface area contributed by atoms with E-state index in [1.54, 1.807) is 36.4 Å². The normalized spacial score (nSPS) is 32.8. The summed E-state index contributed by atoms with van der Waals surface area (Å²) in [5, 5.41) is 33.6. The average Bonchev–Trinajstić information content (AvgIpc) is 3.33. The Morgan fingerprint density at radius 3 is 2.35 bits per heavy atom. The Morgan fingerprint density at radius 1 is 0.912 bits per heavy atom. The Balaban J connectivity index is 1.42. The van der Waals surface area contributed by atoms with Gasteiger partial charge in [-0.15, -0.1) is 0 Å². The van der Waals surface area contributed by atoms with Gasteiger partial charge in [-0.2, -0.15) is 0 Å². The van der Waals surface area contributed by atoms with Crippen LogP contribution < -0.4 is 4.90 Å². The van der Waals surface area contributed by atoms with Crippen LogP contribution in [0.5, 0.6) is 5.75 Å². The number of phenols is 1. The summed E-state index contributed by atoms with van der Waals surface area (Å²) in [4.78, 5) is 28.1. The maximum atomic E-state index is 13.6. The lowest BCUT2D eigenvalue weighted by Gasteiger charge is -2.44. The Hall–Kier alpha value is -3.26. The van der Waals surface area contributed by atoms with Crippen molar-refractivity contribution < 1.29 is 29.6 Å². The topological polar surface area (TPSA) is 107 Å². The number of ether oxygens (including phenoxy) is 1. The molecule has 3 N–H and O–H groups in total. The van der Waals surface area contributed by atoms with Crippen molar-refractivity contribution in [1.29, 1.82) is 0 Å². The summed E-state index contributed by atoms with van der Waals surface area (Å²) in [7, 11) is 0. The molecule has 2 aliphatic heterocycles. The van der Waals surface area contributed by atoms with E-state index in [-0.39, 0.29) is 30.6 Å². The molecule has 0 bridgehead atoms. The number of rotatable bonds is 3. The number of imide groups is 1. The van der Waals surface area contributed by atoms with Gasteiger partial charge in [0, 0.05) is 17.2 Å². The SMILES string of the molecule is O=C1[C@H]2[C@H](C[C@H](CO)[C@@]3(O)O[C@H](c4ccc(O)c5ccccc45)C[C@@H]23)C(=O)N1c1ccccc1. The monoisotopic (exact) mass is 459 g/mol. The molecule has 7 heteroatoms. The Kier molecular flexibility index (Phi) is 4.78. The van der Waals surface area contributed by atoms with Gasteiger partial charge in [0.25, 0.3) is 0 Å². The summed E-state index contributed by atoms with van der Waals surface area (Å²) >= 11 is 0. The van der Waals surface area contributed by atoms with Gasteiger partial charge in [0.1, 0.15) is 5.75 Å². The van der Waals surface area contributed by atoms with Gasteiger partial charge in [-0.3, -0.25) is 14.5 Å². The van der Waals surface area contributed by atoms with E-state index in [2.05, 4.69) is 0 Å². The molecule has 0 spiro atoms. The van der Waals surface area contributed by atoms with Gasteiger partial charge in [-0.1, -0.05) is 48.5 Å². The van der Waals surface area contributed by atoms with Crippen LogP contribution in [0.1, 0.15) is 24.5 Å². The first kappa shape index (κ1) is 21.3. The van der Waals surface area contributed by atoms with Gasteiger partial charge in [0.15, 0.2) is 5.79 Å². The van der Waals surface area contributed by atoms with E-state index >= 15 is 0 Å². The van der Waals surface area contributed by atoms with E-state index in [1.807, 2.05) is 30.3 Å². The molecule has 3 aromatic rings. The minimum Gasteiger partial charge on any atom is -0.507 e. The van der Waals surface area contributed by atoms with Crippen LogP contribution in [0.2, 0.25) is 0 Å². The number of benzene rings is 3. The van der Waals surface area contributed by atoms with Crippen molar-refractivity contribution in [2.45, 2.75) is 24.7 Å². The van der Waals surface area contributed by atoms with Crippen molar-refractivity contribution in [2.75, 3.05) is 11.5 Å². The van der Waals surface area contributed by atoms with E-state index in [4.69, 9.17) is 4.74 Å². The summed E-state index contributed by atoms with van der Waals surface area (Å²) in [6, 6.07) is 19.6. The number of aromatic hydroxyl groups is 1. The average molecular weight is 459 g/mol. The molecule has 3 fully saturated rings. The minimum atomic E-state index is -1.73. The zero-order valence-electron chi connectivity index (χ0n) is 18.4. The second kappa shape index (κ2) is 7.63. The van der Waals surface area contributed by atoms with Crippen LogP contribution in [0, 0.1) is 23.7 Å².